The monoisotopic (exact) mass is 761 g/mol. The third-order valence-corrected chi connectivity index (χ3v) is 10.7. The summed E-state index contributed by atoms with van der Waals surface area (Å²) in [6.07, 6.45) is -1.31. The molecule has 0 radical (unpaired) electrons. The molecule has 1 atom stereocenters. The molecule has 2 aliphatic rings. The molecule has 1 heterocycles. The lowest BCUT2D eigenvalue weighted by molar-refractivity contribution is -0.239. The number of sulfonamides is 1. The highest BCUT2D eigenvalue weighted by atomic mass is 35.5. The van der Waals surface area contributed by atoms with Gasteiger partial charge >= 0.3 is 18.1 Å². The van der Waals surface area contributed by atoms with E-state index in [1.54, 1.807) is 19.1 Å². The molecule has 0 aromatic heterocycles. The molecule has 17 heteroatoms. The molecule has 5 rings (SSSR count). The highest BCUT2D eigenvalue weighted by molar-refractivity contribution is 7.89. The SMILES string of the molecule is CCCOc1cc(C(F)(F)[C@H](C(=O)N2CCC(N)CC2)N(OC(=O)C(F)(F)F)S(=O)(=O)c2ccc3cc(OC4CCCC4)ccc3c2)ccc1Cl. The minimum Gasteiger partial charge on any atom is -0.492 e. The van der Waals surface area contributed by atoms with Crippen molar-refractivity contribution in [3.63, 3.8) is 0 Å². The molecular weight excluding hydrogens is 725 g/mol. The number of halogens is 6. The number of nitrogens with zero attached hydrogens (tertiary/aromatic N) is 2. The molecule has 1 saturated carbocycles. The van der Waals surface area contributed by atoms with E-state index in [9.17, 15) is 31.2 Å². The van der Waals surface area contributed by atoms with E-state index in [1.165, 1.54) is 12.1 Å². The number of benzene rings is 3. The summed E-state index contributed by atoms with van der Waals surface area (Å²) in [5.41, 5.74) is 4.87. The Kier molecular flexibility index (Phi) is 11.7. The van der Waals surface area contributed by atoms with Gasteiger partial charge in [0.25, 0.3) is 15.9 Å². The van der Waals surface area contributed by atoms with Crippen LogP contribution in [0.1, 0.15) is 57.4 Å². The zero-order valence-corrected chi connectivity index (χ0v) is 29.1. The van der Waals surface area contributed by atoms with Crippen molar-refractivity contribution in [1.29, 1.82) is 0 Å². The van der Waals surface area contributed by atoms with E-state index in [0.717, 1.165) is 60.9 Å². The first-order valence-corrected chi connectivity index (χ1v) is 18.2. The Hall–Kier alpha value is -3.73. The van der Waals surface area contributed by atoms with E-state index in [1.807, 2.05) is 0 Å². The van der Waals surface area contributed by atoms with Gasteiger partial charge in [-0.05, 0) is 96.6 Å². The van der Waals surface area contributed by atoms with Crippen molar-refractivity contribution in [3.8, 4) is 11.5 Å². The van der Waals surface area contributed by atoms with E-state index in [4.69, 9.17) is 26.8 Å². The molecule has 51 heavy (non-hydrogen) atoms. The number of ether oxygens (including phenoxy) is 2. The Bertz CT molecular complexity index is 1850. The fourth-order valence-electron chi connectivity index (χ4n) is 5.97. The van der Waals surface area contributed by atoms with Gasteiger partial charge < -0.3 is 24.9 Å². The van der Waals surface area contributed by atoms with Crippen molar-refractivity contribution in [3.05, 3.63) is 65.2 Å². The van der Waals surface area contributed by atoms with Crippen molar-refractivity contribution < 1.29 is 54.3 Å². The summed E-state index contributed by atoms with van der Waals surface area (Å²) < 4.78 is 114. The van der Waals surface area contributed by atoms with Gasteiger partial charge in [0.05, 0.1) is 22.6 Å². The second kappa shape index (κ2) is 15.5. The van der Waals surface area contributed by atoms with Crippen LogP contribution in [0.3, 0.4) is 0 Å². The number of carbonyl (C=O) groups excluding carboxylic acids is 2. The van der Waals surface area contributed by atoms with Crippen molar-refractivity contribution in [2.45, 2.75) is 87.1 Å². The van der Waals surface area contributed by atoms with Crippen LogP contribution in [0.2, 0.25) is 5.02 Å². The molecule has 1 saturated heterocycles. The second-order valence-corrected chi connectivity index (χ2v) is 14.7. The number of fused-ring (bicyclic) bond motifs is 1. The molecule has 1 aliphatic carbocycles. The quantitative estimate of drug-likeness (QED) is 0.159. The van der Waals surface area contributed by atoms with Crippen molar-refractivity contribution >= 4 is 44.3 Å². The summed E-state index contributed by atoms with van der Waals surface area (Å²) in [7, 11) is -5.64. The number of alkyl halides is 5. The predicted octanol–water partition coefficient (Wildman–Crippen LogP) is 6.72. The average Bonchev–Trinajstić information content (AvgIpc) is 3.60. The average molecular weight is 762 g/mol. The molecule has 0 spiro atoms. The van der Waals surface area contributed by atoms with Crippen LogP contribution in [0.25, 0.3) is 10.8 Å². The zero-order chi connectivity index (χ0) is 37.1. The van der Waals surface area contributed by atoms with Crippen molar-refractivity contribution in [2.75, 3.05) is 19.7 Å². The smallest absolute Gasteiger partial charge is 0.492 e. The number of piperidine rings is 1. The van der Waals surface area contributed by atoms with Gasteiger partial charge in [0, 0.05) is 24.7 Å². The number of amides is 1. The fraction of sp³-hybridized carbons (Fsp3) is 0.471. The van der Waals surface area contributed by atoms with Crippen LogP contribution in [-0.2, 0) is 30.4 Å². The number of hydrogen-bond donors (Lipinski definition) is 1. The number of rotatable bonds is 12. The topological polar surface area (TPSA) is 128 Å². The van der Waals surface area contributed by atoms with Crippen LogP contribution in [0.4, 0.5) is 22.0 Å². The van der Waals surface area contributed by atoms with Gasteiger partial charge in [0.2, 0.25) is 6.04 Å². The molecule has 3 aromatic carbocycles. The Morgan fingerprint density at radius 2 is 1.61 bits per heavy atom. The van der Waals surface area contributed by atoms with E-state index in [2.05, 4.69) is 4.84 Å². The van der Waals surface area contributed by atoms with Gasteiger partial charge in [-0.25, -0.2) is 13.2 Å². The highest BCUT2D eigenvalue weighted by Crippen LogP contribution is 2.42. The van der Waals surface area contributed by atoms with Crippen LogP contribution < -0.4 is 15.2 Å². The molecule has 1 aliphatic heterocycles. The molecule has 0 bridgehead atoms. The number of nitrogens with two attached hydrogens (primary N) is 1. The van der Waals surface area contributed by atoms with Gasteiger partial charge in [0.1, 0.15) is 11.5 Å². The molecule has 2 N–H and O–H groups in total. The lowest BCUT2D eigenvalue weighted by atomic mass is 9.98. The van der Waals surface area contributed by atoms with Crippen LogP contribution >= 0.6 is 11.6 Å². The van der Waals surface area contributed by atoms with Crippen molar-refractivity contribution in [1.82, 2.24) is 9.37 Å². The Balaban J connectivity index is 1.63. The number of hydrogen-bond acceptors (Lipinski definition) is 8. The van der Waals surface area contributed by atoms with E-state index >= 15 is 8.78 Å². The van der Waals surface area contributed by atoms with E-state index in [0.29, 0.717) is 17.6 Å². The van der Waals surface area contributed by atoms with Crippen LogP contribution in [0, 0.1) is 0 Å². The lowest BCUT2D eigenvalue weighted by Gasteiger charge is -2.38. The minimum absolute atomic E-state index is 0.0145. The lowest BCUT2D eigenvalue weighted by Crippen LogP contribution is -2.60. The Morgan fingerprint density at radius 3 is 2.25 bits per heavy atom. The summed E-state index contributed by atoms with van der Waals surface area (Å²) in [4.78, 5) is 30.7. The van der Waals surface area contributed by atoms with Gasteiger partial charge in [0.15, 0.2) is 0 Å². The van der Waals surface area contributed by atoms with Gasteiger partial charge in [-0.2, -0.15) is 22.0 Å². The number of carbonyl (C=O) groups is 2. The maximum absolute atomic E-state index is 16.9. The van der Waals surface area contributed by atoms with Gasteiger partial charge in [-0.15, -0.1) is 0 Å². The highest BCUT2D eigenvalue weighted by Gasteiger charge is 2.58. The van der Waals surface area contributed by atoms with Gasteiger partial charge in [-0.1, -0.05) is 36.7 Å². The molecule has 278 valence electrons. The minimum atomic E-state index is -5.84. The Morgan fingerprint density at radius 1 is 0.961 bits per heavy atom. The van der Waals surface area contributed by atoms with E-state index in [-0.39, 0.29) is 54.8 Å². The fourth-order valence-corrected chi connectivity index (χ4v) is 7.54. The summed E-state index contributed by atoms with van der Waals surface area (Å²) in [5.74, 6) is -9.14. The normalized spacial score (nSPS) is 17.2. The van der Waals surface area contributed by atoms with E-state index < -0.39 is 61.0 Å². The maximum Gasteiger partial charge on any atom is 0.492 e. The first kappa shape index (κ1) is 38.5. The standard InChI is InChI=1S/C34H37ClF5N3O7S/c1-2-17-48-29-20-23(9-12-28(29)35)33(36,37)30(31(44)42-15-13-24(41)14-16-42)43(50-32(45)34(38,39)40)51(46,47)27-11-8-21-18-26(10-7-22(21)19-27)49-25-5-3-4-6-25/h7-12,18-20,24-25,30H,2-6,13-17,41H2,1H3/t30-/m0/s1. The molecule has 1 amide bonds. The molecule has 0 unspecified atom stereocenters. The van der Waals surface area contributed by atoms with Crippen LogP contribution in [-0.4, -0.2) is 73.7 Å². The summed E-state index contributed by atoms with van der Waals surface area (Å²) in [5, 5.41) is 0.607. The second-order valence-electron chi connectivity index (χ2n) is 12.5. The molecule has 2 fully saturated rings. The molecule has 3 aromatic rings. The third-order valence-electron chi connectivity index (χ3n) is 8.74. The zero-order valence-electron chi connectivity index (χ0n) is 27.5. The first-order chi connectivity index (χ1) is 24.0. The predicted molar refractivity (Wildman–Crippen MR) is 177 cm³/mol. The maximum atomic E-state index is 16.9. The Labute approximate surface area is 296 Å². The van der Waals surface area contributed by atoms with Crippen molar-refractivity contribution in [2.24, 2.45) is 5.73 Å². The van der Waals surface area contributed by atoms with Crippen LogP contribution in [0.5, 0.6) is 11.5 Å². The van der Waals surface area contributed by atoms with Gasteiger partial charge in [-0.3, -0.25) is 4.79 Å². The summed E-state index contributed by atoms with van der Waals surface area (Å²) in [6.45, 7) is 1.34. The summed E-state index contributed by atoms with van der Waals surface area (Å²) in [6, 6.07) is 6.72. The third kappa shape index (κ3) is 8.67. The number of hydroxylamine groups is 1. The first-order valence-electron chi connectivity index (χ1n) is 16.4. The molecular formula is C34H37ClF5N3O7S. The number of likely N-dealkylation sites (tertiary alicyclic amines) is 1. The molecule has 10 nitrogen and oxygen atoms in total. The largest absolute Gasteiger partial charge is 0.492 e. The van der Waals surface area contributed by atoms with Crippen LogP contribution in [0.15, 0.2) is 59.5 Å². The summed E-state index contributed by atoms with van der Waals surface area (Å²) >= 11 is 6.13.